The van der Waals surface area contributed by atoms with Crippen LogP contribution in [-0.4, -0.2) is 66.4 Å². The summed E-state index contributed by atoms with van der Waals surface area (Å²) in [7, 11) is 1.37. The molecule has 2 aromatic rings. The van der Waals surface area contributed by atoms with Crippen LogP contribution in [0, 0.1) is 15.9 Å². The monoisotopic (exact) mass is 445 g/mol. The molecule has 0 radical (unpaired) electrons. The third-order valence-corrected chi connectivity index (χ3v) is 5.20. The molecule has 2 amide bonds. The summed E-state index contributed by atoms with van der Waals surface area (Å²) in [5, 5.41) is 11.5. The summed E-state index contributed by atoms with van der Waals surface area (Å²) in [5.74, 6) is -0.583. The van der Waals surface area contributed by atoms with Crippen LogP contribution in [0.4, 0.5) is 10.1 Å². The zero-order chi connectivity index (χ0) is 23.3. The van der Waals surface area contributed by atoms with E-state index in [1.165, 1.54) is 36.3 Å². The Hall–Kier alpha value is -3.69. The van der Waals surface area contributed by atoms with E-state index in [1.807, 2.05) is 0 Å². The highest BCUT2D eigenvalue weighted by Crippen LogP contribution is 2.35. The third-order valence-electron chi connectivity index (χ3n) is 5.20. The molecular weight excluding hydrogens is 421 g/mol. The third kappa shape index (κ3) is 5.13. The molecule has 1 aliphatic rings. The van der Waals surface area contributed by atoms with Gasteiger partial charge >= 0.3 is 0 Å². The summed E-state index contributed by atoms with van der Waals surface area (Å²) in [6.45, 7) is 3.13. The Balaban J connectivity index is 1.70. The number of rotatable bonds is 7. The second-order valence-electron chi connectivity index (χ2n) is 7.19. The van der Waals surface area contributed by atoms with E-state index in [2.05, 4.69) is 0 Å². The van der Waals surface area contributed by atoms with Crippen LogP contribution in [0.3, 0.4) is 0 Å². The van der Waals surface area contributed by atoms with Crippen molar-refractivity contribution in [3.05, 3.63) is 63.5 Å². The Morgan fingerprint density at radius 2 is 1.69 bits per heavy atom. The van der Waals surface area contributed by atoms with Gasteiger partial charge in [-0.25, -0.2) is 4.39 Å². The number of carbonyl (C=O) groups excluding carboxylic acids is 2. The topological polar surface area (TPSA) is 102 Å². The first kappa shape index (κ1) is 23.0. The lowest BCUT2D eigenvalue weighted by Crippen LogP contribution is -2.51. The number of nitro groups is 1. The van der Waals surface area contributed by atoms with Gasteiger partial charge < -0.3 is 19.3 Å². The fourth-order valence-corrected chi connectivity index (χ4v) is 3.52. The average Bonchev–Trinajstić information content (AvgIpc) is 2.80. The van der Waals surface area contributed by atoms with Crippen LogP contribution in [0.25, 0.3) is 0 Å². The van der Waals surface area contributed by atoms with Crippen LogP contribution in [0.15, 0.2) is 36.4 Å². The first-order valence-corrected chi connectivity index (χ1v) is 10.1. The van der Waals surface area contributed by atoms with Crippen molar-refractivity contribution in [3.8, 4) is 11.5 Å². The number of benzene rings is 2. The number of hydrogen-bond acceptors (Lipinski definition) is 6. The second kappa shape index (κ2) is 10.1. The number of carbonyl (C=O) groups is 2. The molecule has 3 rings (SSSR count). The molecular formula is C22H24FN3O6. The maximum absolute atomic E-state index is 13.1. The van der Waals surface area contributed by atoms with E-state index in [9.17, 15) is 24.1 Å². The van der Waals surface area contributed by atoms with Crippen molar-refractivity contribution < 1.29 is 28.4 Å². The fourth-order valence-electron chi connectivity index (χ4n) is 3.52. The van der Waals surface area contributed by atoms with Crippen LogP contribution < -0.4 is 9.47 Å². The Morgan fingerprint density at radius 3 is 2.25 bits per heavy atom. The molecule has 0 spiro atoms. The molecule has 0 bridgehead atoms. The Morgan fingerprint density at radius 1 is 1.06 bits per heavy atom. The van der Waals surface area contributed by atoms with E-state index in [0.29, 0.717) is 25.3 Å². The van der Waals surface area contributed by atoms with Crippen LogP contribution in [-0.2, 0) is 11.2 Å². The van der Waals surface area contributed by atoms with E-state index in [0.717, 1.165) is 0 Å². The molecule has 32 heavy (non-hydrogen) atoms. The number of nitrogens with zero attached hydrogens (tertiary/aromatic N) is 3. The van der Waals surface area contributed by atoms with Crippen molar-refractivity contribution in [2.24, 2.45) is 0 Å². The van der Waals surface area contributed by atoms with Crippen LogP contribution >= 0.6 is 0 Å². The Labute approximate surface area is 184 Å². The van der Waals surface area contributed by atoms with E-state index >= 15 is 0 Å². The highest BCUT2D eigenvalue weighted by atomic mass is 19.1. The molecule has 1 heterocycles. The molecule has 0 N–H and O–H groups in total. The molecule has 170 valence electrons. The molecule has 2 aromatic carbocycles. The lowest BCUT2D eigenvalue weighted by atomic mass is 10.1. The maximum Gasteiger partial charge on any atom is 0.286 e. The first-order chi connectivity index (χ1) is 15.3. The number of amides is 2. The number of piperazine rings is 1. The van der Waals surface area contributed by atoms with Gasteiger partial charge in [0.25, 0.3) is 11.6 Å². The smallest absolute Gasteiger partial charge is 0.286 e. The summed E-state index contributed by atoms with van der Waals surface area (Å²) in [6.07, 6.45) is 0.135. The lowest BCUT2D eigenvalue weighted by molar-refractivity contribution is -0.385. The van der Waals surface area contributed by atoms with E-state index < -0.39 is 10.8 Å². The van der Waals surface area contributed by atoms with Gasteiger partial charge in [-0.2, -0.15) is 0 Å². The van der Waals surface area contributed by atoms with E-state index in [4.69, 9.17) is 9.47 Å². The lowest BCUT2D eigenvalue weighted by Gasteiger charge is -2.35. The first-order valence-electron chi connectivity index (χ1n) is 10.1. The van der Waals surface area contributed by atoms with Crippen molar-refractivity contribution in [3.63, 3.8) is 0 Å². The van der Waals surface area contributed by atoms with Crippen LogP contribution in [0.5, 0.6) is 11.5 Å². The number of hydrogen-bond donors (Lipinski definition) is 0. The standard InChI is InChI=1S/C22H24FN3O6/c1-3-32-20-13-17(18(26(29)30)14-19(20)31-2)22(28)25-10-8-24(9-11-25)21(27)12-15-4-6-16(23)7-5-15/h4-7,13-14H,3,8-12H2,1-2H3. The highest BCUT2D eigenvalue weighted by Gasteiger charge is 2.31. The van der Waals surface area contributed by atoms with Gasteiger partial charge in [-0.05, 0) is 24.6 Å². The number of halogens is 1. The van der Waals surface area contributed by atoms with Gasteiger partial charge in [0.2, 0.25) is 5.91 Å². The summed E-state index contributed by atoms with van der Waals surface area (Å²) in [5.41, 5.74) is 0.239. The van der Waals surface area contributed by atoms with Crippen molar-refractivity contribution in [1.82, 2.24) is 9.80 Å². The molecule has 0 aliphatic carbocycles. The zero-order valence-corrected chi connectivity index (χ0v) is 17.9. The molecule has 1 saturated heterocycles. The van der Waals surface area contributed by atoms with Gasteiger partial charge in [-0.15, -0.1) is 0 Å². The molecule has 0 aromatic heterocycles. The van der Waals surface area contributed by atoms with E-state index in [1.54, 1.807) is 24.0 Å². The molecule has 0 saturated carbocycles. The molecule has 0 unspecified atom stereocenters. The SMILES string of the molecule is CCOc1cc(C(=O)N2CCN(C(=O)Cc3ccc(F)cc3)CC2)c([N+](=O)[O-])cc1OC. The summed E-state index contributed by atoms with van der Waals surface area (Å²) in [4.78, 5) is 39.6. The van der Waals surface area contributed by atoms with Crippen molar-refractivity contribution in [2.45, 2.75) is 13.3 Å². The molecule has 1 aliphatic heterocycles. The van der Waals surface area contributed by atoms with Gasteiger partial charge in [0.05, 0.1) is 31.1 Å². The minimum absolute atomic E-state index is 0.0923. The minimum atomic E-state index is -0.631. The minimum Gasteiger partial charge on any atom is -0.493 e. The van der Waals surface area contributed by atoms with Gasteiger partial charge in [0, 0.05) is 32.2 Å². The zero-order valence-electron chi connectivity index (χ0n) is 17.9. The fraction of sp³-hybridized carbons (Fsp3) is 0.364. The van der Waals surface area contributed by atoms with Gasteiger partial charge in [-0.3, -0.25) is 19.7 Å². The van der Waals surface area contributed by atoms with E-state index in [-0.39, 0.29) is 54.0 Å². The van der Waals surface area contributed by atoms with Crippen LogP contribution in [0.1, 0.15) is 22.8 Å². The molecule has 0 atom stereocenters. The quantitative estimate of drug-likeness (QED) is 0.480. The Bertz CT molecular complexity index is 1000. The largest absolute Gasteiger partial charge is 0.493 e. The molecule has 1 fully saturated rings. The predicted octanol–water partition coefficient (Wildman–Crippen LogP) is 2.67. The van der Waals surface area contributed by atoms with Crippen molar-refractivity contribution in [1.29, 1.82) is 0 Å². The van der Waals surface area contributed by atoms with Gasteiger partial charge in [-0.1, -0.05) is 12.1 Å². The summed E-state index contributed by atoms with van der Waals surface area (Å²) in [6, 6.07) is 8.24. The number of nitro benzene ring substituents is 1. The molecule has 9 nitrogen and oxygen atoms in total. The summed E-state index contributed by atoms with van der Waals surface area (Å²) < 4.78 is 23.6. The number of methoxy groups -OCH3 is 1. The average molecular weight is 445 g/mol. The highest BCUT2D eigenvalue weighted by molar-refractivity contribution is 5.99. The van der Waals surface area contributed by atoms with Crippen molar-refractivity contribution in [2.75, 3.05) is 39.9 Å². The van der Waals surface area contributed by atoms with Crippen LogP contribution in [0.2, 0.25) is 0 Å². The predicted molar refractivity (Wildman–Crippen MR) is 113 cm³/mol. The normalized spacial score (nSPS) is 13.6. The van der Waals surface area contributed by atoms with Gasteiger partial charge in [0.15, 0.2) is 11.5 Å². The number of ether oxygens (including phenoxy) is 2. The maximum atomic E-state index is 13.1. The Kier molecular flexibility index (Phi) is 7.24. The summed E-state index contributed by atoms with van der Waals surface area (Å²) >= 11 is 0. The second-order valence-corrected chi connectivity index (χ2v) is 7.19. The van der Waals surface area contributed by atoms with Gasteiger partial charge in [0.1, 0.15) is 11.4 Å². The molecule has 10 heteroatoms. The van der Waals surface area contributed by atoms with Crippen molar-refractivity contribution >= 4 is 17.5 Å².